The molecule has 10 heteroatoms. The van der Waals surface area contributed by atoms with Gasteiger partial charge in [0.25, 0.3) is 0 Å². The molecule has 0 amide bonds. The Morgan fingerprint density at radius 1 is 0.150 bits per heavy atom. The van der Waals surface area contributed by atoms with E-state index in [1.54, 1.807) is 0 Å². The fraction of sp³-hybridized carbons (Fsp3) is 0.929. The maximum Gasteiger partial charge on any atom is 0.303 e. The minimum absolute atomic E-state index is 0.341. The Bertz CT molecular complexity index is 1190. The minimum atomic E-state index is -0.663. The first-order chi connectivity index (χ1) is 38.9. The van der Waals surface area contributed by atoms with Gasteiger partial charge in [0.15, 0.2) is 0 Å². The van der Waals surface area contributed by atoms with Crippen LogP contribution in [0.3, 0.4) is 0 Å². The first-order valence-electron chi connectivity index (χ1n) is 34.9. The van der Waals surface area contributed by atoms with E-state index in [1.807, 2.05) is 0 Å². The van der Waals surface area contributed by atoms with Gasteiger partial charge < -0.3 is 25.5 Å². The van der Waals surface area contributed by atoms with Crippen molar-refractivity contribution < 1.29 is 49.5 Å². The highest BCUT2D eigenvalue weighted by atomic mass is 16.4. The Balaban J connectivity index is -0.000000296. The summed E-state index contributed by atoms with van der Waals surface area (Å²) in [7, 11) is 0. The number of hydrogen-bond acceptors (Lipinski definition) is 5. The van der Waals surface area contributed by atoms with E-state index in [0.717, 1.165) is 64.2 Å². The molecule has 0 saturated heterocycles. The van der Waals surface area contributed by atoms with Crippen LogP contribution in [0.15, 0.2) is 0 Å². The number of rotatable bonds is 60. The molecule has 0 rings (SSSR count). The van der Waals surface area contributed by atoms with Gasteiger partial charge in [0, 0.05) is 32.1 Å². The van der Waals surface area contributed by atoms with Crippen molar-refractivity contribution in [3.63, 3.8) is 0 Å². The molecule has 0 aromatic carbocycles. The molecule has 480 valence electrons. The van der Waals surface area contributed by atoms with E-state index in [2.05, 4.69) is 34.6 Å². The molecule has 10 nitrogen and oxygen atoms in total. The van der Waals surface area contributed by atoms with E-state index < -0.39 is 29.8 Å². The molecule has 0 aliphatic carbocycles. The predicted octanol–water partition coefficient (Wildman–Crippen LogP) is 23.9. The van der Waals surface area contributed by atoms with Gasteiger partial charge in [0.05, 0.1) is 0 Å². The minimum Gasteiger partial charge on any atom is -0.481 e. The molecule has 0 bridgehead atoms. The molecule has 0 fully saturated rings. The van der Waals surface area contributed by atoms with Crippen molar-refractivity contribution in [2.75, 3.05) is 0 Å². The second-order valence-electron chi connectivity index (χ2n) is 23.4. The summed E-state index contributed by atoms with van der Waals surface area (Å²) in [5, 5.41) is 42.2. The molecular formula is C70H140O10. The van der Waals surface area contributed by atoms with Crippen molar-refractivity contribution in [2.45, 2.75) is 420 Å². The van der Waals surface area contributed by atoms with Crippen molar-refractivity contribution in [2.24, 2.45) is 0 Å². The monoisotopic (exact) mass is 1140 g/mol. The Kier molecular flexibility index (Phi) is 89.2. The quantitative estimate of drug-likeness (QED) is 0.0367. The van der Waals surface area contributed by atoms with Crippen molar-refractivity contribution in [3.8, 4) is 0 Å². The number of carboxylic acid groups (broad SMARTS) is 5. The second kappa shape index (κ2) is 82.8. The van der Waals surface area contributed by atoms with Gasteiger partial charge in [-0.05, 0) is 32.1 Å². The second-order valence-corrected chi connectivity index (χ2v) is 23.4. The molecular weight excluding hydrogens is 1000 g/mol. The topological polar surface area (TPSA) is 186 Å². The van der Waals surface area contributed by atoms with Crippen LogP contribution in [-0.2, 0) is 24.0 Å². The van der Waals surface area contributed by atoms with E-state index in [-0.39, 0.29) is 0 Å². The van der Waals surface area contributed by atoms with Crippen molar-refractivity contribution in [1.29, 1.82) is 0 Å². The third kappa shape index (κ3) is 107. The van der Waals surface area contributed by atoms with Crippen molar-refractivity contribution in [3.05, 3.63) is 0 Å². The van der Waals surface area contributed by atoms with Gasteiger partial charge in [-0.15, -0.1) is 0 Å². The highest BCUT2D eigenvalue weighted by Gasteiger charge is 2.01. The molecule has 80 heavy (non-hydrogen) atoms. The smallest absolute Gasteiger partial charge is 0.303 e. The molecule has 0 spiro atoms. The van der Waals surface area contributed by atoms with Gasteiger partial charge in [0.2, 0.25) is 0 Å². The van der Waals surface area contributed by atoms with Crippen LogP contribution < -0.4 is 0 Å². The Labute approximate surface area is 497 Å². The number of unbranched alkanes of at least 4 members (excludes halogenated alkanes) is 50. The molecule has 0 aromatic rings. The van der Waals surface area contributed by atoms with Gasteiger partial charge in [-0.25, -0.2) is 0 Å². The maximum absolute atomic E-state index is 10.3. The average Bonchev–Trinajstić information content (AvgIpc) is 3.42. The lowest BCUT2D eigenvalue weighted by Crippen LogP contribution is -1.93. The third-order valence-electron chi connectivity index (χ3n) is 15.0. The van der Waals surface area contributed by atoms with Crippen LogP contribution in [0.5, 0.6) is 0 Å². The van der Waals surface area contributed by atoms with Crippen molar-refractivity contribution >= 4 is 29.8 Å². The van der Waals surface area contributed by atoms with Crippen LogP contribution in [0.4, 0.5) is 0 Å². The first kappa shape index (κ1) is 86.1. The summed E-state index contributed by atoms with van der Waals surface area (Å²) >= 11 is 0. The first-order valence-corrected chi connectivity index (χ1v) is 34.9. The van der Waals surface area contributed by atoms with E-state index >= 15 is 0 Å². The van der Waals surface area contributed by atoms with E-state index in [4.69, 9.17) is 25.5 Å². The van der Waals surface area contributed by atoms with Crippen LogP contribution >= 0.6 is 0 Å². The standard InChI is InChI=1S/C18H36O2.C16H32O2.C14H28O2.C12H24O2.C10H20O2/c1-2-3-4-5-6-7-8-9-10-11-12-13-14-15-16-17-18(19)20;1-2-3-4-5-6-7-8-9-10-11-12-13-14-15-16(17)18;1-2-3-4-5-6-7-8-9-10-11-12-13-14(15)16;1-2-3-4-5-6-7-8-9-10-11-12(13)14;1-2-3-4-5-6-7-8-9-10(11)12/h2-17H2,1H3,(H,19,20);2-15H2,1H3,(H,17,18);2-13H2,1H3,(H,15,16);2-11H2,1H3,(H,13,14);2-9H2,1H3,(H,11,12). The van der Waals surface area contributed by atoms with Gasteiger partial charge >= 0.3 is 29.8 Å². The number of aliphatic carboxylic acids is 5. The normalized spacial score (nSPS) is 10.6. The zero-order valence-corrected chi connectivity index (χ0v) is 54.2. The number of carboxylic acids is 5. The number of carbonyl (C=O) groups is 5. The Morgan fingerprint density at radius 3 is 0.300 bits per heavy atom. The van der Waals surface area contributed by atoms with Crippen LogP contribution in [0, 0.1) is 0 Å². The summed E-state index contributed by atoms with van der Waals surface area (Å²) in [6.45, 7) is 11.2. The fourth-order valence-electron chi connectivity index (χ4n) is 9.70. The van der Waals surface area contributed by atoms with Gasteiger partial charge in [-0.1, -0.05) is 356 Å². The molecule has 0 saturated carbocycles. The summed E-state index contributed by atoms with van der Waals surface area (Å²) in [4.78, 5) is 51.2. The molecule has 0 aliphatic rings. The molecule has 0 aromatic heterocycles. The molecule has 0 aliphatic heterocycles. The lowest BCUT2D eigenvalue weighted by molar-refractivity contribution is -0.138. The van der Waals surface area contributed by atoms with Gasteiger partial charge in [0.1, 0.15) is 0 Å². The summed E-state index contributed by atoms with van der Waals surface area (Å²) in [6.07, 6.45) is 71.9. The SMILES string of the molecule is CCCCCCCCCC(=O)O.CCCCCCCCCCCC(=O)O.CCCCCCCCCCCCCC(=O)O.CCCCCCCCCCCCCCCC(=O)O.CCCCCCCCCCCCCCCCCC(=O)O. The van der Waals surface area contributed by atoms with E-state index in [9.17, 15) is 24.0 Å². The predicted molar refractivity (Wildman–Crippen MR) is 344 cm³/mol. The summed E-state index contributed by atoms with van der Waals surface area (Å²) in [6, 6.07) is 0. The van der Waals surface area contributed by atoms with E-state index in [0.29, 0.717) is 32.1 Å². The molecule has 0 heterocycles. The lowest BCUT2D eigenvalue weighted by atomic mass is 10.0. The maximum atomic E-state index is 10.3. The van der Waals surface area contributed by atoms with Crippen LogP contribution in [0.25, 0.3) is 0 Å². The van der Waals surface area contributed by atoms with Crippen LogP contribution in [0.2, 0.25) is 0 Å². The highest BCUT2D eigenvalue weighted by Crippen LogP contribution is 2.17. The van der Waals surface area contributed by atoms with Crippen molar-refractivity contribution in [1.82, 2.24) is 0 Å². The van der Waals surface area contributed by atoms with Gasteiger partial charge in [-0.3, -0.25) is 24.0 Å². The zero-order chi connectivity index (χ0) is 60.3. The zero-order valence-electron chi connectivity index (χ0n) is 54.2. The highest BCUT2D eigenvalue weighted by molar-refractivity contribution is 5.67. The van der Waals surface area contributed by atoms with Crippen LogP contribution in [0.1, 0.15) is 420 Å². The summed E-state index contributed by atoms with van der Waals surface area (Å²) in [5.74, 6) is -3.29. The van der Waals surface area contributed by atoms with E-state index in [1.165, 1.54) is 289 Å². The number of hydrogen-bond donors (Lipinski definition) is 5. The lowest BCUT2D eigenvalue weighted by Gasteiger charge is -2.03. The summed E-state index contributed by atoms with van der Waals surface area (Å²) in [5.41, 5.74) is 0. The Morgan fingerprint density at radius 2 is 0.225 bits per heavy atom. The molecule has 0 atom stereocenters. The largest absolute Gasteiger partial charge is 0.481 e. The van der Waals surface area contributed by atoms with Gasteiger partial charge in [-0.2, -0.15) is 0 Å². The fourth-order valence-corrected chi connectivity index (χ4v) is 9.70. The van der Waals surface area contributed by atoms with Crippen LogP contribution in [-0.4, -0.2) is 55.4 Å². The molecule has 5 N–H and O–H groups in total. The molecule has 0 radical (unpaired) electrons. The Hall–Kier alpha value is -2.65. The average molecular weight is 1140 g/mol. The summed E-state index contributed by atoms with van der Waals surface area (Å²) < 4.78 is 0. The third-order valence-corrected chi connectivity index (χ3v) is 15.0. The molecule has 0 unspecified atom stereocenters.